The lowest BCUT2D eigenvalue weighted by Crippen LogP contribution is -2.24. The van der Waals surface area contributed by atoms with Gasteiger partial charge in [-0.05, 0) is 17.2 Å². The molecule has 22 heavy (non-hydrogen) atoms. The molecule has 0 fully saturated rings. The predicted octanol–water partition coefficient (Wildman–Crippen LogP) is 3.26. The zero-order valence-corrected chi connectivity index (χ0v) is 12.6. The third-order valence-corrected chi connectivity index (χ3v) is 3.09. The molecule has 1 heterocycles. The molecule has 0 saturated carbocycles. The first-order chi connectivity index (χ1) is 10.6. The second kappa shape index (κ2) is 8.05. The number of nitrogens with one attached hydrogen (secondary N) is 1. The Hall–Kier alpha value is -2.53. The number of halogens is 1. The van der Waals surface area contributed by atoms with Crippen LogP contribution in [0, 0.1) is 0 Å². The smallest absolute Gasteiger partial charge is 0.407 e. The zero-order valence-electron chi connectivity index (χ0n) is 11.8. The maximum atomic E-state index is 11.5. The molecule has 6 heteroatoms. The number of ether oxygens (including phenoxy) is 1. The SMILES string of the molecule is Nc1cc(C=CCNC(=O)OCc2ccccc2)cnc1Cl. The van der Waals surface area contributed by atoms with Crippen LogP contribution in [0.3, 0.4) is 0 Å². The van der Waals surface area contributed by atoms with Gasteiger partial charge >= 0.3 is 6.09 Å². The predicted molar refractivity (Wildman–Crippen MR) is 87.3 cm³/mol. The highest BCUT2D eigenvalue weighted by Gasteiger charge is 2.00. The van der Waals surface area contributed by atoms with Gasteiger partial charge in [-0.15, -0.1) is 0 Å². The molecule has 0 spiro atoms. The van der Waals surface area contributed by atoms with Gasteiger partial charge < -0.3 is 15.8 Å². The number of hydrogen-bond donors (Lipinski definition) is 2. The summed E-state index contributed by atoms with van der Waals surface area (Å²) in [5.41, 5.74) is 7.81. The number of carbonyl (C=O) groups is 1. The third-order valence-electron chi connectivity index (χ3n) is 2.77. The minimum absolute atomic E-state index is 0.244. The van der Waals surface area contributed by atoms with E-state index < -0.39 is 6.09 Å². The van der Waals surface area contributed by atoms with Crippen molar-refractivity contribution in [2.45, 2.75) is 6.61 Å². The summed E-state index contributed by atoms with van der Waals surface area (Å²) in [6, 6.07) is 11.2. The highest BCUT2D eigenvalue weighted by Crippen LogP contribution is 2.16. The molecule has 1 aromatic carbocycles. The van der Waals surface area contributed by atoms with Gasteiger partial charge in [0.1, 0.15) is 6.61 Å². The van der Waals surface area contributed by atoms with E-state index in [1.54, 1.807) is 24.4 Å². The van der Waals surface area contributed by atoms with Crippen LogP contribution in [-0.2, 0) is 11.3 Å². The molecule has 0 unspecified atom stereocenters. The molecule has 1 amide bonds. The van der Waals surface area contributed by atoms with Gasteiger partial charge in [0.15, 0.2) is 5.15 Å². The molecule has 0 saturated heterocycles. The first-order valence-corrected chi connectivity index (χ1v) is 7.05. The number of rotatable bonds is 5. The lowest BCUT2D eigenvalue weighted by Gasteiger charge is -2.05. The second-order valence-electron chi connectivity index (χ2n) is 4.49. The summed E-state index contributed by atoms with van der Waals surface area (Å²) < 4.78 is 5.08. The molecule has 5 nitrogen and oxygen atoms in total. The van der Waals surface area contributed by atoms with Gasteiger partial charge in [0.2, 0.25) is 0 Å². The van der Waals surface area contributed by atoms with Crippen LogP contribution in [0.5, 0.6) is 0 Å². The van der Waals surface area contributed by atoms with Crippen LogP contribution in [0.15, 0.2) is 48.7 Å². The Balaban J connectivity index is 1.72. The number of benzene rings is 1. The molecule has 0 aliphatic carbocycles. The minimum Gasteiger partial charge on any atom is -0.445 e. The Morgan fingerprint density at radius 3 is 2.86 bits per heavy atom. The number of carbonyl (C=O) groups excluding carboxylic acids is 1. The number of nitrogens with two attached hydrogens (primary N) is 1. The quantitative estimate of drug-likeness (QED) is 0.830. The Morgan fingerprint density at radius 2 is 2.14 bits per heavy atom. The highest BCUT2D eigenvalue weighted by molar-refractivity contribution is 6.31. The topological polar surface area (TPSA) is 77.2 Å². The lowest BCUT2D eigenvalue weighted by molar-refractivity contribution is 0.141. The number of nitrogens with zero attached hydrogens (tertiary/aromatic N) is 1. The number of amides is 1. The van der Waals surface area contributed by atoms with Crippen molar-refractivity contribution < 1.29 is 9.53 Å². The number of nitrogen functional groups attached to an aromatic ring is 1. The van der Waals surface area contributed by atoms with E-state index in [-0.39, 0.29) is 11.8 Å². The molecular formula is C16H16ClN3O2. The van der Waals surface area contributed by atoms with Crippen molar-refractivity contribution in [1.29, 1.82) is 0 Å². The van der Waals surface area contributed by atoms with E-state index in [9.17, 15) is 4.79 Å². The summed E-state index contributed by atoms with van der Waals surface area (Å²) in [5.74, 6) is 0. The molecule has 1 aromatic heterocycles. The fourth-order valence-corrected chi connectivity index (χ4v) is 1.79. The van der Waals surface area contributed by atoms with Crippen LogP contribution >= 0.6 is 11.6 Å². The molecular weight excluding hydrogens is 302 g/mol. The van der Waals surface area contributed by atoms with Gasteiger partial charge in [0, 0.05) is 12.7 Å². The van der Waals surface area contributed by atoms with Crippen LogP contribution in [0.1, 0.15) is 11.1 Å². The fraction of sp³-hybridized carbons (Fsp3) is 0.125. The summed E-state index contributed by atoms with van der Waals surface area (Å²) in [4.78, 5) is 15.4. The van der Waals surface area contributed by atoms with E-state index >= 15 is 0 Å². The zero-order chi connectivity index (χ0) is 15.8. The van der Waals surface area contributed by atoms with E-state index in [4.69, 9.17) is 22.1 Å². The lowest BCUT2D eigenvalue weighted by atomic mass is 10.2. The molecule has 0 atom stereocenters. The summed E-state index contributed by atoms with van der Waals surface area (Å²) >= 11 is 5.74. The number of aromatic nitrogens is 1. The maximum Gasteiger partial charge on any atom is 0.407 e. The number of anilines is 1. The fourth-order valence-electron chi connectivity index (χ4n) is 1.68. The Kier molecular flexibility index (Phi) is 5.80. The van der Waals surface area contributed by atoms with Crippen molar-refractivity contribution >= 4 is 29.5 Å². The molecule has 2 aromatic rings. The molecule has 114 valence electrons. The largest absolute Gasteiger partial charge is 0.445 e. The van der Waals surface area contributed by atoms with E-state index in [1.807, 2.05) is 30.3 Å². The van der Waals surface area contributed by atoms with Gasteiger partial charge in [0.05, 0.1) is 5.69 Å². The molecule has 0 radical (unpaired) electrons. The van der Waals surface area contributed by atoms with Gasteiger partial charge in [0.25, 0.3) is 0 Å². The van der Waals surface area contributed by atoms with Gasteiger partial charge in [-0.1, -0.05) is 54.1 Å². The first-order valence-electron chi connectivity index (χ1n) is 6.67. The summed E-state index contributed by atoms with van der Waals surface area (Å²) in [6.45, 7) is 0.587. The number of alkyl carbamates (subject to hydrolysis) is 1. The Labute approximate surface area is 133 Å². The highest BCUT2D eigenvalue weighted by atomic mass is 35.5. The summed E-state index contributed by atoms with van der Waals surface area (Å²) in [7, 11) is 0. The third kappa shape index (κ3) is 5.10. The average Bonchev–Trinajstić information content (AvgIpc) is 2.54. The maximum absolute atomic E-state index is 11.5. The van der Waals surface area contributed by atoms with E-state index in [2.05, 4.69) is 10.3 Å². The molecule has 2 rings (SSSR count). The monoisotopic (exact) mass is 317 g/mol. The van der Waals surface area contributed by atoms with Crippen molar-refractivity contribution in [3.63, 3.8) is 0 Å². The normalized spacial score (nSPS) is 10.6. The van der Waals surface area contributed by atoms with E-state index in [0.29, 0.717) is 12.2 Å². The van der Waals surface area contributed by atoms with Crippen LogP contribution in [0.25, 0.3) is 6.08 Å². The van der Waals surface area contributed by atoms with Crippen molar-refractivity contribution in [2.24, 2.45) is 0 Å². The molecule has 0 aliphatic rings. The summed E-state index contributed by atoms with van der Waals surface area (Å²) in [5, 5.41) is 2.90. The van der Waals surface area contributed by atoms with E-state index in [0.717, 1.165) is 11.1 Å². The van der Waals surface area contributed by atoms with Crippen molar-refractivity contribution in [2.75, 3.05) is 12.3 Å². The van der Waals surface area contributed by atoms with Crippen molar-refractivity contribution in [3.05, 3.63) is 65.0 Å². The number of hydrogen-bond acceptors (Lipinski definition) is 4. The van der Waals surface area contributed by atoms with Crippen LogP contribution < -0.4 is 11.1 Å². The first kappa shape index (κ1) is 15.9. The van der Waals surface area contributed by atoms with Crippen LogP contribution in [0.2, 0.25) is 5.15 Å². The Morgan fingerprint density at radius 1 is 1.36 bits per heavy atom. The molecule has 0 bridgehead atoms. The van der Waals surface area contributed by atoms with Gasteiger partial charge in [-0.25, -0.2) is 9.78 Å². The van der Waals surface area contributed by atoms with Gasteiger partial charge in [-0.3, -0.25) is 0 Å². The minimum atomic E-state index is -0.470. The van der Waals surface area contributed by atoms with Crippen LogP contribution in [0.4, 0.5) is 10.5 Å². The van der Waals surface area contributed by atoms with Crippen LogP contribution in [-0.4, -0.2) is 17.6 Å². The second-order valence-corrected chi connectivity index (χ2v) is 4.85. The van der Waals surface area contributed by atoms with Gasteiger partial charge in [-0.2, -0.15) is 0 Å². The average molecular weight is 318 g/mol. The Bertz CT molecular complexity index is 660. The molecule has 0 aliphatic heterocycles. The number of pyridine rings is 1. The van der Waals surface area contributed by atoms with Crippen molar-refractivity contribution in [1.82, 2.24) is 10.3 Å². The van der Waals surface area contributed by atoms with Crippen molar-refractivity contribution in [3.8, 4) is 0 Å². The molecule has 3 N–H and O–H groups in total. The standard InChI is InChI=1S/C16H16ClN3O2/c17-15-14(18)9-13(10-20-15)7-4-8-19-16(21)22-11-12-5-2-1-3-6-12/h1-7,9-10H,8,11,18H2,(H,19,21). The summed E-state index contributed by atoms with van der Waals surface area (Å²) in [6.07, 6.45) is 4.69. The van der Waals surface area contributed by atoms with E-state index in [1.165, 1.54) is 0 Å².